The van der Waals surface area contributed by atoms with Crippen LogP contribution in [0.15, 0.2) is 27.9 Å². The van der Waals surface area contributed by atoms with Crippen molar-refractivity contribution in [2.45, 2.75) is 71.3 Å². The largest absolute Gasteiger partial charge is 0.351 e. The molecule has 1 aliphatic heterocycles. The molecule has 2 aromatic rings. The van der Waals surface area contributed by atoms with Crippen molar-refractivity contribution in [2.24, 2.45) is 0 Å². The molecule has 180 valence electrons. The van der Waals surface area contributed by atoms with Gasteiger partial charge in [-0.1, -0.05) is 0 Å². The van der Waals surface area contributed by atoms with Gasteiger partial charge in [0.05, 0.1) is 6.10 Å². The van der Waals surface area contributed by atoms with Gasteiger partial charge in [-0.2, -0.15) is 4.98 Å². The highest BCUT2D eigenvalue weighted by Crippen LogP contribution is 2.50. The molecule has 0 bridgehead atoms. The second-order valence-electron chi connectivity index (χ2n) is 8.16. The van der Waals surface area contributed by atoms with Crippen molar-refractivity contribution in [3.63, 3.8) is 0 Å². The van der Waals surface area contributed by atoms with Gasteiger partial charge < -0.3 is 23.6 Å². The van der Waals surface area contributed by atoms with Crippen molar-refractivity contribution < 1.29 is 19.5 Å². The number of aromatic amines is 1. The maximum atomic E-state index is 15.7. The molecule has 3 rings (SSSR count). The lowest BCUT2D eigenvalue weighted by molar-refractivity contribution is -0.0177. The monoisotopic (exact) mass is 482 g/mol. The third-order valence-corrected chi connectivity index (χ3v) is 7.17. The average Bonchev–Trinajstić information content (AvgIpc) is 3.08. The summed E-state index contributed by atoms with van der Waals surface area (Å²) in [5.41, 5.74) is -1.12. The molecule has 2 aromatic heterocycles. The van der Waals surface area contributed by atoms with Crippen LogP contribution >= 0.6 is 8.53 Å². The van der Waals surface area contributed by atoms with Gasteiger partial charge in [0.15, 0.2) is 12.4 Å². The minimum atomic E-state index is -1.79. The third-order valence-electron chi connectivity index (χ3n) is 5.04. The zero-order chi connectivity index (χ0) is 25.0. The van der Waals surface area contributed by atoms with Gasteiger partial charge >= 0.3 is 5.69 Å². The lowest BCUT2D eigenvalue weighted by Crippen LogP contribution is -2.38. The second kappa shape index (κ2) is 10.8. The Balaban J connectivity index is 1.91. The molecular formula is C21H29FN5O5P. The predicted molar refractivity (Wildman–Crippen MR) is 122 cm³/mol. The van der Waals surface area contributed by atoms with E-state index in [0.29, 0.717) is 5.39 Å². The maximum Gasteiger partial charge on any atom is 0.351 e. The van der Waals surface area contributed by atoms with E-state index in [1.165, 1.54) is 18.3 Å². The number of ether oxygens (including phenoxy) is 1. The quantitative estimate of drug-likeness (QED) is 0.333. The van der Waals surface area contributed by atoms with E-state index in [1.54, 1.807) is 0 Å². The molecule has 0 amide bonds. The minimum absolute atomic E-state index is 0.0131. The molecular weight excluding hydrogens is 452 g/mol. The fourth-order valence-corrected chi connectivity index (χ4v) is 5.41. The van der Waals surface area contributed by atoms with Gasteiger partial charge in [0.1, 0.15) is 18.4 Å². The normalized spacial score (nSPS) is 24.5. The Hall–Kier alpha value is -2.22. The summed E-state index contributed by atoms with van der Waals surface area (Å²) in [6, 6.07) is 2.78. The smallest absolute Gasteiger partial charge is 0.349 e. The van der Waals surface area contributed by atoms with E-state index in [-0.39, 0.29) is 37.8 Å². The lowest BCUT2D eigenvalue weighted by atomic mass is 10.2. The van der Waals surface area contributed by atoms with Crippen LogP contribution in [0.5, 0.6) is 0 Å². The molecule has 12 heteroatoms. The maximum absolute atomic E-state index is 15.7. The highest BCUT2D eigenvalue weighted by atomic mass is 31.2. The number of halogens is 1. The summed E-state index contributed by atoms with van der Waals surface area (Å²) >= 11 is 0. The number of hydrogen-bond donors (Lipinski definition) is 1. The summed E-state index contributed by atoms with van der Waals surface area (Å²) in [6.45, 7) is 14.8. The molecule has 0 aliphatic carbocycles. The van der Waals surface area contributed by atoms with E-state index in [1.807, 2.05) is 32.4 Å². The first-order valence-corrected chi connectivity index (χ1v) is 11.7. The Morgan fingerprint density at radius 2 is 2.12 bits per heavy atom. The summed E-state index contributed by atoms with van der Waals surface area (Å²) in [7, 11) is -1.77. The zero-order valence-corrected chi connectivity index (χ0v) is 19.9. The van der Waals surface area contributed by atoms with Crippen LogP contribution in [0.1, 0.15) is 42.2 Å². The topological polar surface area (TPSA) is 103 Å². The molecule has 1 N–H and O–H groups in total. The van der Waals surface area contributed by atoms with Crippen LogP contribution in [0.4, 0.5) is 4.39 Å². The molecule has 5 unspecified atom stereocenters. The van der Waals surface area contributed by atoms with Crippen LogP contribution in [0.25, 0.3) is 15.9 Å². The Kier molecular flexibility index (Phi) is 7.83. The number of alkyl halides is 1. The highest BCUT2D eigenvalue weighted by molar-refractivity contribution is 7.44. The van der Waals surface area contributed by atoms with Crippen LogP contribution in [0.3, 0.4) is 0 Å². The van der Waals surface area contributed by atoms with Crippen LogP contribution in [-0.4, -0.2) is 62.8 Å². The van der Waals surface area contributed by atoms with Crippen LogP contribution in [0.2, 0.25) is 0 Å². The molecule has 0 aromatic carbocycles. The van der Waals surface area contributed by atoms with Gasteiger partial charge in [0.2, 0.25) is 12.1 Å². The van der Waals surface area contributed by atoms with Gasteiger partial charge in [0, 0.05) is 31.1 Å². The van der Waals surface area contributed by atoms with E-state index in [4.69, 9.17) is 21.7 Å². The first kappa shape index (κ1) is 23.9. The van der Waals surface area contributed by atoms with Crippen molar-refractivity contribution >= 4 is 19.6 Å². The summed E-state index contributed by atoms with van der Waals surface area (Å²) in [5.74, 6) is 0. The number of aromatic nitrogens is 3. The van der Waals surface area contributed by atoms with E-state index in [2.05, 4.69) is 14.8 Å². The van der Waals surface area contributed by atoms with Crippen molar-refractivity contribution in [1.82, 2.24) is 19.2 Å². The fourth-order valence-electron chi connectivity index (χ4n) is 3.65. The molecule has 1 saturated heterocycles. The number of fused-ring (bicyclic) bond motifs is 1. The molecule has 1 fully saturated rings. The molecule has 0 saturated carbocycles. The van der Waals surface area contributed by atoms with Gasteiger partial charge in [-0.25, -0.2) is 20.4 Å². The molecule has 3 heterocycles. The van der Waals surface area contributed by atoms with E-state index < -0.39 is 44.4 Å². The molecule has 10 nitrogen and oxygen atoms in total. The Morgan fingerprint density at radius 3 is 2.76 bits per heavy atom. The Labute approximate surface area is 193 Å². The SMILES string of the molecule is [2H]CC1OC(n2cc3ccc(=O)[nH]c3nc2=O)C(F)C1OP(OCC[N+]#[C-])N(C(C)C)C(C)C. The number of nitrogens with one attached hydrogen (secondary N) is 1. The first-order valence-electron chi connectivity index (χ1n) is 11.3. The highest BCUT2D eigenvalue weighted by Gasteiger charge is 2.48. The third kappa shape index (κ3) is 5.65. The van der Waals surface area contributed by atoms with Crippen LogP contribution in [0, 0.1) is 6.57 Å². The summed E-state index contributed by atoms with van der Waals surface area (Å²) in [4.78, 5) is 33.7. The second-order valence-corrected chi connectivity index (χ2v) is 9.56. The van der Waals surface area contributed by atoms with Crippen molar-refractivity contribution in [3.8, 4) is 0 Å². The summed E-state index contributed by atoms with van der Waals surface area (Å²) in [5, 5.41) is 0.428. The summed E-state index contributed by atoms with van der Waals surface area (Å²) < 4.78 is 44.3. The van der Waals surface area contributed by atoms with E-state index in [9.17, 15) is 9.59 Å². The lowest BCUT2D eigenvalue weighted by Gasteiger charge is -2.37. The predicted octanol–water partition coefficient (Wildman–Crippen LogP) is 3.01. The molecule has 1 aliphatic rings. The number of rotatable bonds is 9. The average molecular weight is 482 g/mol. The van der Waals surface area contributed by atoms with Crippen LogP contribution in [-0.2, 0) is 13.8 Å². The standard InChI is InChI=1S/C21H29FN5O5P/c1-12(2)27(13(3)4)33(30-10-9-23-6)32-18-14(5)31-20(17(18)22)26-11-15-7-8-16(28)24-19(15)25-21(26)29/h7-8,11-14,17-18,20H,9-10H2,1-5H3,(H,24,25,28,29)/i5D. The number of hydrogen-bond acceptors (Lipinski definition) is 7. The fraction of sp³-hybridized carbons (Fsp3) is 0.619. The minimum Gasteiger partial charge on any atom is -0.349 e. The summed E-state index contributed by atoms with van der Waals surface area (Å²) in [6.07, 6.45) is -3.90. The van der Waals surface area contributed by atoms with Gasteiger partial charge in [-0.3, -0.25) is 9.36 Å². The molecule has 0 radical (unpaired) electrons. The van der Waals surface area contributed by atoms with Gasteiger partial charge in [-0.15, -0.1) is 0 Å². The van der Waals surface area contributed by atoms with Crippen molar-refractivity contribution in [2.75, 3.05) is 13.2 Å². The molecule has 0 spiro atoms. The van der Waals surface area contributed by atoms with Crippen molar-refractivity contribution in [3.05, 3.63) is 50.6 Å². The molecule has 33 heavy (non-hydrogen) atoms. The van der Waals surface area contributed by atoms with E-state index >= 15 is 4.39 Å². The van der Waals surface area contributed by atoms with Crippen LogP contribution < -0.4 is 11.2 Å². The Bertz CT molecular complexity index is 1130. The number of nitrogens with zero attached hydrogens (tertiary/aromatic N) is 4. The molecule has 5 atom stereocenters. The van der Waals surface area contributed by atoms with Crippen molar-refractivity contribution in [1.29, 1.82) is 0 Å². The van der Waals surface area contributed by atoms with Gasteiger partial charge in [0.25, 0.3) is 8.53 Å². The van der Waals surface area contributed by atoms with Gasteiger partial charge in [-0.05, 0) is 40.7 Å². The number of H-pyrrole nitrogens is 1. The Morgan fingerprint density at radius 1 is 1.39 bits per heavy atom. The first-order chi connectivity index (χ1) is 16.2. The zero-order valence-electron chi connectivity index (χ0n) is 20.0. The van der Waals surface area contributed by atoms with E-state index in [0.717, 1.165) is 4.57 Å². The number of pyridine rings is 1.